The number of likely N-dealkylation sites (N-methyl/N-ethyl adjacent to an activating group) is 1. The fraction of sp³-hybridized carbons (Fsp3) is 0.407. The maximum atomic E-state index is 15.4. The molecule has 1 N–H and O–H groups in total. The highest BCUT2D eigenvalue weighted by atomic mass is 19.1. The van der Waals surface area contributed by atoms with E-state index in [4.69, 9.17) is 4.74 Å². The summed E-state index contributed by atoms with van der Waals surface area (Å²) in [4.78, 5) is 31.5. The average molecular weight is 525 g/mol. The van der Waals surface area contributed by atoms with E-state index in [9.17, 15) is 14.3 Å². The number of hydrogen-bond donors (Lipinski definition) is 1. The molecule has 0 saturated carbocycles. The minimum absolute atomic E-state index is 0.0763. The summed E-state index contributed by atoms with van der Waals surface area (Å²) in [5.41, 5.74) is -0.582. The van der Waals surface area contributed by atoms with E-state index in [1.54, 1.807) is 4.90 Å². The minimum Gasteiger partial charge on any atom is -0.507 e. The lowest BCUT2D eigenvalue weighted by atomic mass is 10.1. The number of halogens is 2. The zero-order valence-corrected chi connectivity index (χ0v) is 21.4. The number of carbonyl (C=O) groups is 1. The van der Waals surface area contributed by atoms with Gasteiger partial charge in [0, 0.05) is 31.7 Å². The topological polar surface area (TPSA) is 94.9 Å². The van der Waals surface area contributed by atoms with Crippen LogP contribution in [-0.2, 0) is 4.79 Å². The molecule has 1 aromatic carbocycles. The molecule has 3 aromatic rings. The van der Waals surface area contributed by atoms with Crippen molar-refractivity contribution >= 4 is 22.8 Å². The zero-order valence-electron chi connectivity index (χ0n) is 21.4. The van der Waals surface area contributed by atoms with Crippen LogP contribution in [0.5, 0.6) is 11.8 Å². The van der Waals surface area contributed by atoms with Crippen LogP contribution >= 0.6 is 0 Å². The third kappa shape index (κ3) is 4.85. The molecule has 4 heterocycles. The predicted molar refractivity (Wildman–Crippen MR) is 139 cm³/mol. The van der Waals surface area contributed by atoms with E-state index in [-0.39, 0.29) is 40.9 Å². The van der Waals surface area contributed by atoms with Gasteiger partial charge in [-0.05, 0) is 57.6 Å². The van der Waals surface area contributed by atoms with Gasteiger partial charge >= 0.3 is 6.01 Å². The third-order valence-corrected chi connectivity index (χ3v) is 7.29. The quantitative estimate of drug-likeness (QED) is 0.491. The van der Waals surface area contributed by atoms with Crippen LogP contribution in [0.2, 0.25) is 0 Å². The number of pyridine rings is 1. The van der Waals surface area contributed by atoms with Gasteiger partial charge in [0.15, 0.2) is 11.5 Å². The molecule has 0 radical (unpaired) electrons. The molecule has 0 aliphatic carbocycles. The van der Waals surface area contributed by atoms with Gasteiger partial charge in [-0.15, -0.1) is 0 Å². The fourth-order valence-corrected chi connectivity index (χ4v) is 5.16. The molecular weight excluding hydrogens is 494 g/mol. The Balaban J connectivity index is 1.58. The number of phenolic OH excluding ortho intramolecular Hbond substituents is 1. The highest BCUT2D eigenvalue weighted by Gasteiger charge is 2.30. The Kier molecular flexibility index (Phi) is 7.11. The van der Waals surface area contributed by atoms with Gasteiger partial charge in [0.25, 0.3) is 0 Å². The second-order valence-corrected chi connectivity index (χ2v) is 9.77. The van der Waals surface area contributed by atoms with Gasteiger partial charge in [-0.2, -0.15) is 9.97 Å². The number of hydrogen-bond acceptors (Lipinski definition) is 8. The van der Waals surface area contributed by atoms with Gasteiger partial charge in [0.1, 0.15) is 29.7 Å². The highest BCUT2D eigenvalue weighted by molar-refractivity contribution is 5.90. The first-order valence-electron chi connectivity index (χ1n) is 12.6. The number of fused-ring (bicyclic) bond motifs is 1. The summed E-state index contributed by atoms with van der Waals surface area (Å²) < 4.78 is 36.0. The number of aromatic nitrogens is 3. The van der Waals surface area contributed by atoms with Crippen LogP contribution in [0.15, 0.2) is 36.9 Å². The van der Waals surface area contributed by atoms with Gasteiger partial charge in [0.05, 0.1) is 10.9 Å². The molecule has 5 rings (SSSR count). The van der Waals surface area contributed by atoms with E-state index in [0.717, 1.165) is 25.5 Å². The predicted octanol–water partition coefficient (Wildman–Crippen LogP) is 3.37. The zero-order chi connectivity index (χ0) is 27.0. The molecule has 0 unspecified atom stereocenters. The first-order valence-corrected chi connectivity index (χ1v) is 12.6. The van der Waals surface area contributed by atoms with E-state index < -0.39 is 17.4 Å². The van der Waals surface area contributed by atoms with Crippen molar-refractivity contribution in [2.45, 2.75) is 31.8 Å². The molecule has 38 heavy (non-hydrogen) atoms. The van der Waals surface area contributed by atoms with Crippen molar-refractivity contribution in [3.63, 3.8) is 0 Å². The normalized spacial score (nSPS) is 20.2. The Morgan fingerprint density at radius 2 is 2.03 bits per heavy atom. The Hall–Kier alpha value is -3.86. The summed E-state index contributed by atoms with van der Waals surface area (Å²) >= 11 is 0. The summed E-state index contributed by atoms with van der Waals surface area (Å²) in [7, 11) is 2.04. The molecule has 1 amide bonds. The van der Waals surface area contributed by atoms with E-state index >= 15 is 4.39 Å². The number of anilines is 1. The number of piperazine rings is 1. The van der Waals surface area contributed by atoms with Gasteiger partial charge in [-0.1, -0.05) is 12.6 Å². The number of amides is 1. The highest BCUT2D eigenvalue weighted by Crippen LogP contribution is 2.36. The van der Waals surface area contributed by atoms with Crippen molar-refractivity contribution in [1.29, 1.82) is 0 Å². The summed E-state index contributed by atoms with van der Waals surface area (Å²) in [6.45, 7) is 8.17. The van der Waals surface area contributed by atoms with Crippen LogP contribution in [0.25, 0.3) is 22.3 Å². The van der Waals surface area contributed by atoms with Gasteiger partial charge in [-0.3, -0.25) is 4.79 Å². The van der Waals surface area contributed by atoms with Gasteiger partial charge < -0.3 is 24.5 Å². The maximum absolute atomic E-state index is 15.4. The monoisotopic (exact) mass is 524 g/mol. The lowest BCUT2D eigenvalue weighted by Gasteiger charge is -2.40. The number of nitrogens with zero attached hydrogens (tertiary/aromatic N) is 6. The minimum atomic E-state index is -0.822. The Morgan fingerprint density at radius 1 is 1.21 bits per heavy atom. The van der Waals surface area contributed by atoms with Crippen molar-refractivity contribution in [3.05, 3.63) is 48.6 Å². The Morgan fingerprint density at radius 3 is 2.71 bits per heavy atom. The molecule has 2 saturated heterocycles. The van der Waals surface area contributed by atoms with Crippen LogP contribution in [0.3, 0.4) is 0 Å². The summed E-state index contributed by atoms with van der Waals surface area (Å²) in [5, 5.41) is 10.6. The van der Waals surface area contributed by atoms with Crippen LogP contribution < -0.4 is 9.64 Å². The summed E-state index contributed by atoms with van der Waals surface area (Å²) in [5.74, 6) is -1.79. The van der Waals surface area contributed by atoms with E-state index in [0.29, 0.717) is 37.4 Å². The molecule has 2 atom stereocenters. The Labute approximate surface area is 219 Å². The van der Waals surface area contributed by atoms with E-state index in [1.165, 1.54) is 24.3 Å². The molecular formula is C27H30F2N6O3. The molecule has 2 aliphatic heterocycles. The summed E-state index contributed by atoms with van der Waals surface area (Å²) in [6.07, 6.45) is 3.36. The first-order chi connectivity index (χ1) is 18.3. The maximum Gasteiger partial charge on any atom is 0.320 e. The second kappa shape index (κ2) is 10.5. The number of likely N-dealkylation sites (tertiary alicyclic amines) is 1. The molecule has 2 aliphatic rings. The van der Waals surface area contributed by atoms with Crippen LogP contribution in [0.1, 0.15) is 19.8 Å². The first kappa shape index (κ1) is 25.8. The molecule has 0 bridgehead atoms. The van der Waals surface area contributed by atoms with Crippen LogP contribution in [0.4, 0.5) is 14.6 Å². The lowest BCUT2D eigenvalue weighted by molar-refractivity contribution is -0.126. The Bertz CT molecular complexity index is 1370. The number of rotatable bonds is 6. The van der Waals surface area contributed by atoms with Gasteiger partial charge in [0.2, 0.25) is 5.91 Å². The number of benzene rings is 1. The molecule has 2 fully saturated rings. The van der Waals surface area contributed by atoms with Crippen molar-refractivity contribution in [1.82, 2.24) is 24.8 Å². The van der Waals surface area contributed by atoms with Crippen LogP contribution in [-0.4, -0.2) is 87.7 Å². The second-order valence-electron chi connectivity index (χ2n) is 9.77. The van der Waals surface area contributed by atoms with E-state index in [1.807, 2.05) is 18.9 Å². The molecule has 0 spiro atoms. The largest absolute Gasteiger partial charge is 0.507 e. The summed E-state index contributed by atoms with van der Waals surface area (Å²) in [6, 6.07) is 5.08. The van der Waals surface area contributed by atoms with Crippen molar-refractivity contribution < 1.29 is 23.4 Å². The fourth-order valence-electron chi connectivity index (χ4n) is 5.16. The number of aromatic hydroxyl groups is 1. The smallest absolute Gasteiger partial charge is 0.320 e. The lowest BCUT2D eigenvalue weighted by Crippen LogP contribution is -2.53. The molecule has 11 heteroatoms. The third-order valence-electron chi connectivity index (χ3n) is 7.29. The van der Waals surface area contributed by atoms with Crippen molar-refractivity contribution in [3.8, 4) is 23.0 Å². The number of carbonyl (C=O) groups excluding carboxylic acids is 1. The number of ether oxygens (including phenoxy) is 1. The molecule has 9 nitrogen and oxygen atoms in total. The molecule has 200 valence electrons. The van der Waals surface area contributed by atoms with E-state index in [2.05, 4.69) is 26.4 Å². The number of phenols is 1. The van der Waals surface area contributed by atoms with Crippen LogP contribution in [0, 0.1) is 11.6 Å². The van der Waals surface area contributed by atoms with Gasteiger partial charge in [-0.25, -0.2) is 13.8 Å². The average Bonchev–Trinajstić information content (AvgIpc) is 3.31. The van der Waals surface area contributed by atoms with Crippen molar-refractivity contribution in [2.24, 2.45) is 0 Å². The van der Waals surface area contributed by atoms with Crippen molar-refractivity contribution in [2.75, 3.05) is 44.7 Å². The standard InChI is InChI=1S/C27H30F2N6O3/c1-4-22(37)34-11-12-35(16(2)14-34)26-18-13-20(29)24(23-19(28)8-5-9-21(23)36)30-25(18)31-27(32-26)38-15-17-7-6-10-33(17)3/h4-5,8-9,13,16-17,36H,1,6-7,10-12,14-15H2,2-3H3/t16-,17-/m0/s1. The SMILES string of the molecule is C=CC(=O)N1CCN(c2nc(OC[C@@H]3CCCN3C)nc3nc(-c4c(O)cccc4F)c(F)cc23)[C@@H](C)C1. The molecule has 2 aromatic heterocycles.